The Bertz CT molecular complexity index is 1790. The highest BCUT2D eigenvalue weighted by Gasteiger charge is 2.77. The Kier molecular flexibility index (Phi) is 5.95. The van der Waals surface area contributed by atoms with Crippen molar-refractivity contribution < 1.29 is 42.9 Å². The fourth-order valence-corrected chi connectivity index (χ4v) is 9.71. The van der Waals surface area contributed by atoms with Crippen LogP contribution in [0.4, 0.5) is 0 Å². The molecule has 45 heavy (non-hydrogen) atoms. The summed E-state index contributed by atoms with van der Waals surface area (Å²) in [4.78, 5) is 67.2. The highest BCUT2D eigenvalue weighted by atomic mass is 32.1. The number of hydrogen-bond donors (Lipinski definition) is 0. The van der Waals surface area contributed by atoms with Crippen LogP contribution in [0, 0.1) is 29.1 Å². The Morgan fingerprint density at radius 1 is 0.867 bits per heavy atom. The number of carbonyl (C=O) groups excluding carboxylic acids is 4. The lowest BCUT2D eigenvalue weighted by molar-refractivity contribution is -0.217. The summed E-state index contributed by atoms with van der Waals surface area (Å²) in [5, 5.41) is 0.760. The van der Waals surface area contributed by atoms with E-state index in [2.05, 4.69) is 0 Å². The Morgan fingerprint density at radius 3 is 2.13 bits per heavy atom. The molecule has 4 unspecified atom stereocenters. The maximum atomic E-state index is 14.3. The first-order valence-corrected chi connectivity index (χ1v) is 16.3. The molecule has 1 aromatic heterocycles. The van der Waals surface area contributed by atoms with Crippen LogP contribution in [0.25, 0.3) is 10.1 Å². The van der Waals surface area contributed by atoms with Crippen LogP contribution in [0.5, 0.6) is 5.75 Å². The Labute approximate surface area is 264 Å². The Balaban J connectivity index is 1.37. The van der Waals surface area contributed by atoms with Gasteiger partial charge in [0.2, 0.25) is 15.9 Å². The van der Waals surface area contributed by atoms with E-state index in [0.717, 1.165) is 22.3 Å². The number of esters is 4. The van der Waals surface area contributed by atoms with E-state index in [1.807, 2.05) is 40.7 Å². The molecular weight excluding hydrogens is 600 g/mol. The monoisotopic (exact) mass is 638 g/mol. The lowest BCUT2D eigenvalue weighted by atomic mass is 9.66. The third-order valence-corrected chi connectivity index (χ3v) is 13.2. The molecule has 2 aromatic rings. The van der Waals surface area contributed by atoms with Crippen LogP contribution in [0.3, 0.4) is 0 Å². The largest absolute Gasteiger partial charge is 0.483 e. The van der Waals surface area contributed by atoms with E-state index in [1.165, 1.54) is 6.07 Å². The zero-order valence-corrected chi connectivity index (χ0v) is 27.6. The van der Waals surface area contributed by atoms with Gasteiger partial charge in [0.15, 0.2) is 12.2 Å². The molecule has 0 amide bonds. The van der Waals surface area contributed by atoms with Gasteiger partial charge >= 0.3 is 23.9 Å². The second-order valence-corrected chi connectivity index (χ2v) is 16.2. The fraction of sp³-hybridized carbons (Fsp3) is 0.618. The van der Waals surface area contributed by atoms with Gasteiger partial charge in [-0.1, -0.05) is 39.0 Å². The Morgan fingerprint density at radius 2 is 1.56 bits per heavy atom. The zero-order chi connectivity index (χ0) is 32.7. The molecule has 2 aliphatic carbocycles. The number of hydrogen-bond acceptors (Lipinski definition) is 11. The van der Waals surface area contributed by atoms with Crippen LogP contribution < -0.4 is 9.48 Å². The minimum absolute atomic E-state index is 0.205. The second kappa shape index (κ2) is 8.86. The lowest BCUT2D eigenvalue weighted by Gasteiger charge is -2.46. The quantitative estimate of drug-likeness (QED) is 0.330. The molecule has 10 nitrogen and oxygen atoms in total. The minimum atomic E-state index is -1.54. The van der Waals surface area contributed by atoms with E-state index in [9.17, 15) is 24.0 Å². The van der Waals surface area contributed by atoms with Crippen LogP contribution in [-0.2, 0) is 38.1 Å². The molecule has 4 heterocycles. The number of aryl methyl sites for hydroxylation is 1. The van der Waals surface area contributed by atoms with Gasteiger partial charge in [0.1, 0.15) is 11.4 Å². The summed E-state index contributed by atoms with van der Waals surface area (Å²) in [6, 6.07) is 5.15. The van der Waals surface area contributed by atoms with Crippen molar-refractivity contribution in [1.29, 1.82) is 0 Å². The lowest BCUT2D eigenvalue weighted by Crippen LogP contribution is -2.57. The molecule has 5 aliphatic rings. The van der Waals surface area contributed by atoms with Gasteiger partial charge in [-0.25, -0.2) is 9.59 Å². The summed E-state index contributed by atoms with van der Waals surface area (Å²) < 4.78 is 31.1. The van der Waals surface area contributed by atoms with Gasteiger partial charge < -0.3 is 23.7 Å². The molecule has 3 aliphatic heterocycles. The minimum Gasteiger partial charge on any atom is -0.483 e. The van der Waals surface area contributed by atoms with Gasteiger partial charge in [0.25, 0.3) is 0 Å². The molecule has 6 atom stereocenters. The van der Waals surface area contributed by atoms with Crippen LogP contribution >= 0.6 is 11.3 Å². The number of ether oxygens (including phenoxy) is 5. The van der Waals surface area contributed by atoms with Crippen molar-refractivity contribution >= 4 is 45.3 Å². The van der Waals surface area contributed by atoms with Crippen molar-refractivity contribution in [1.82, 2.24) is 0 Å². The van der Waals surface area contributed by atoms with Crippen molar-refractivity contribution in [3.05, 3.63) is 38.9 Å². The first-order chi connectivity index (χ1) is 20.8. The molecule has 0 radical (unpaired) electrons. The standard InChI is InChI=1S/C34H38O10S/c1-16-15-20(35)45-23-17(16)9-10-19-21(23)22(40-27(38)33-12-11-18(25(36)43-33)29(33,2)3)24(30(4,5)42-19)41-28(39)34-14-13-32(8,26(37)44-34)31(34,6)7/h9-10,15,18,22,24H,11-14H2,1-8H3/t18?,22-,24-,32?,33?,34?/m1/s1. The zero-order valence-electron chi connectivity index (χ0n) is 26.8. The van der Waals surface area contributed by atoms with Crippen molar-refractivity contribution in [2.45, 2.75) is 110 Å². The average Bonchev–Trinajstić information content (AvgIpc) is 3.46. The van der Waals surface area contributed by atoms with E-state index in [1.54, 1.807) is 26.8 Å². The Hall–Kier alpha value is -3.47. The maximum Gasteiger partial charge on any atom is 0.351 e. The van der Waals surface area contributed by atoms with Crippen molar-refractivity contribution in [3.63, 3.8) is 0 Å². The first kappa shape index (κ1) is 30.2. The predicted octanol–water partition coefficient (Wildman–Crippen LogP) is 5.09. The number of rotatable bonds is 4. The summed E-state index contributed by atoms with van der Waals surface area (Å²) in [7, 11) is 0. The van der Waals surface area contributed by atoms with Gasteiger partial charge in [-0.2, -0.15) is 0 Å². The summed E-state index contributed by atoms with van der Waals surface area (Å²) in [5.41, 5.74) is -5.73. The van der Waals surface area contributed by atoms with Gasteiger partial charge in [-0.15, -0.1) is 0 Å². The number of fused-ring (bicyclic) bond motifs is 7. The molecule has 2 saturated carbocycles. The first-order valence-electron chi connectivity index (χ1n) is 15.5. The molecule has 2 saturated heterocycles. The SMILES string of the molecule is Cc1cc(=O)sc2c3c(ccc12)OC(C)(C)[C@H](OC(=O)C12CCC(C)(C(=O)O1)C2(C)C)[C@@H]3OC(=O)C12CCC(C(=O)O1)C2(C)C. The summed E-state index contributed by atoms with van der Waals surface area (Å²) in [6.07, 6.45) is -0.932. The summed E-state index contributed by atoms with van der Waals surface area (Å²) >= 11 is 0.981. The van der Waals surface area contributed by atoms with Gasteiger partial charge in [-0.05, 0) is 82.5 Å². The maximum absolute atomic E-state index is 14.3. The van der Waals surface area contributed by atoms with Crippen molar-refractivity contribution in [2.24, 2.45) is 22.2 Å². The van der Waals surface area contributed by atoms with Crippen LogP contribution in [0.2, 0.25) is 0 Å². The second-order valence-electron chi connectivity index (χ2n) is 15.2. The smallest absolute Gasteiger partial charge is 0.351 e. The highest BCUT2D eigenvalue weighted by molar-refractivity contribution is 7.16. The van der Waals surface area contributed by atoms with Gasteiger partial charge in [0.05, 0.1) is 16.9 Å². The van der Waals surface area contributed by atoms with Crippen molar-refractivity contribution in [3.8, 4) is 5.75 Å². The number of benzene rings is 1. The van der Waals surface area contributed by atoms with E-state index in [-0.39, 0.29) is 11.2 Å². The van der Waals surface area contributed by atoms with Gasteiger partial charge in [-0.3, -0.25) is 14.4 Å². The van der Waals surface area contributed by atoms with Crippen LogP contribution in [0.1, 0.15) is 91.4 Å². The summed E-state index contributed by atoms with van der Waals surface area (Å²) in [6.45, 7) is 14.4. The molecule has 4 bridgehead atoms. The van der Waals surface area contributed by atoms with E-state index in [0.29, 0.717) is 35.3 Å². The molecule has 1 aromatic carbocycles. The summed E-state index contributed by atoms with van der Waals surface area (Å²) in [5.74, 6) is -2.44. The number of carbonyl (C=O) groups is 4. The molecule has 11 heteroatoms. The topological polar surface area (TPSA) is 132 Å². The van der Waals surface area contributed by atoms with Gasteiger partial charge in [0, 0.05) is 15.5 Å². The molecule has 4 fully saturated rings. The molecule has 7 rings (SSSR count). The normalized spacial score (nSPS) is 36.2. The molecule has 0 N–H and O–H groups in total. The average molecular weight is 639 g/mol. The molecule has 240 valence electrons. The fourth-order valence-electron chi connectivity index (χ4n) is 8.61. The molecular formula is C34H38O10S. The third kappa shape index (κ3) is 3.53. The van der Waals surface area contributed by atoms with E-state index >= 15 is 0 Å². The van der Waals surface area contributed by atoms with Crippen LogP contribution in [0.15, 0.2) is 23.0 Å². The third-order valence-electron chi connectivity index (χ3n) is 12.2. The van der Waals surface area contributed by atoms with Crippen molar-refractivity contribution in [2.75, 3.05) is 0 Å². The van der Waals surface area contributed by atoms with Crippen LogP contribution in [-0.4, -0.2) is 46.8 Å². The molecule has 0 spiro atoms. The van der Waals surface area contributed by atoms with E-state index < -0.39 is 75.1 Å². The highest BCUT2D eigenvalue weighted by Crippen LogP contribution is 2.66. The predicted molar refractivity (Wildman–Crippen MR) is 162 cm³/mol. The van der Waals surface area contributed by atoms with E-state index in [4.69, 9.17) is 23.7 Å².